The highest BCUT2D eigenvalue weighted by Gasteiger charge is 2.17. The molecule has 0 aliphatic rings. The van der Waals surface area contributed by atoms with Crippen LogP contribution in [-0.4, -0.2) is 34.1 Å². The lowest BCUT2D eigenvalue weighted by atomic mass is 10.2. The number of hydrogen-bond donors (Lipinski definition) is 2. The van der Waals surface area contributed by atoms with Gasteiger partial charge in [-0.15, -0.1) is 0 Å². The number of nitrogens with zero attached hydrogens (tertiary/aromatic N) is 1. The van der Waals surface area contributed by atoms with Gasteiger partial charge in [-0.1, -0.05) is 12.1 Å². The third-order valence-electron chi connectivity index (χ3n) is 2.09. The number of amides is 1. The van der Waals surface area contributed by atoms with E-state index in [4.69, 9.17) is 15.1 Å². The van der Waals surface area contributed by atoms with E-state index in [0.29, 0.717) is 5.75 Å². The second kappa shape index (κ2) is 5.37. The Balaban J connectivity index is 2.48. The summed E-state index contributed by atoms with van der Waals surface area (Å²) in [6.07, 6.45) is -1.39. The average Bonchev–Trinajstić information content (AvgIpc) is 2.24. The molecule has 5 nitrogen and oxygen atoms in total. The molecule has 0 saturated carbocycles. The van der Waals surface area contributed by atoms with Gasteiger partial charge in [-0.3, -0.25) is 5.21 Å². The summed E-state index contributed by atoms with van der Waals surface area (Å²) in [4.78, 5) is 10.4. The van der Waals surface area contributed by atoms with Crippen molar-refractivity contribution in [2.24, 2.45) is 0 Å². The quantitative estimate of drug-likeness (QED) is 0.608. The predicted octanol–water partition coefficient (Wildman–Crippen LogP) is 2.13. The summed E-state index contributed by atoms with van der Waals surface area (Å²) in [5.74, 6) is 0.658. The number of hydrogen-bond acceptors (Lipinski definition) is 3. The topological polar surface area (TPSA) is 70.0 Å². The fourth-order valence-corrected chi connectivity index (χ4v) is 1.18. The van der Waals surface area contributed by atoms with Crippen LogP contribution in [0.5, 0.6) is 5.75 Å². The molecule has 1 amide bonds. The summed E-state index contributed by atoms with van der Waals surface area (Å²) in [6, 6.07) is 6.80. The van der Waals surface area contributed by atoms with Crippen molar-refractivity contribution < 1.29 is 19.8 Å². The van der Waals surface area contributed by atoms with Gasteiger partial charge in [-0.2, -0.15) is 5.06 Å². The molecule has 1 rings (SSSR count). The maximum absolute atomic E-state index is 10.4. The lowest BCUT2D eigenvalue weighted by Gasteiger charge is -2.19. The Bertz CT molecular complexity index is 367. The molecule has 0 radical (unpaired) electrons. The van der Waals surface area contributed by atoms with E-state index < -0.39 is 12.1 Å². The van der Waals surface area contributed by atoms with Crippen molar-refractivity contribution in [1.82, 2.24) is 5.06 Å². The molecule has 0 aromatic heterocycles. The minimum atomic E-state index is -1.39. The van der Waals surface area contributed by atoms with E-state index >= 15 is 0 Å². The van der Waals surface area contributed by atoms with Crippen LogP contribution in [0.25, 0.3) is 0 Å². The molecule has 0 fully saturated rings. The Kier molecular flexibility index (Phi) is 4.13. The molecule has 1 unspecified atom stereocenters. The summed E-state index contributed by atoms with van der Waals surface area (Å²) >= 11 is 0. The minimum Gasteiger partial charge on any atom is -0.491 e. The van der Waals surface area contributed by atoms with E-state index in [-0.39, 0.29) is 11.7 Å². The first-order chi connectivity index (χ1) is 7.50. The van der Waals surface area contributed by atoms with Crippen molar-refractivity contribution in [3.63, 3.8) is 0 Å². The van der Waals surface area contributed by atoms with Crippen molar-refractivity contribution in [3.8, 4) is 5.75 Å². The zero-order chi connectivity index (χ0) is 12.1. The Hall–Kier alpha value is -1.75. The Labute approximate surface area is 93.8 Å². The minimum absolute atomic E-state index is 0.103. The van der Waals surface area contributed by atoms with Crippen LogP contribution in [0.4, 0.5) is 4.79 Å². The molecule has 0 heterocycles. The van der Waals surface area contributed by atoms with E-state index in [2.05, 4.69) is 0 Å². The second-order valence-corrected chi connectivity index (χ2v) is 3.60. The normalized spacial score (nSPS) is 11.9. The van der Waals surface area contributed by atoms with Crippen LogP contribution >= 0.6 is 0 Å². The lowest BCUT2D eigenvalue weighted by Crippen LogP contribution is -2.38. The number of aryl methyl sites for hydroxylation is 1. The summed E-state index contributed by atoms with van der Waals surface area (Å²) in [6.45, 7) is 3.60. The summed E-state index contributed by atoms with van der Waals surface area (Å²) in [7, 11) is 0. The lowest BCUT2D eigenvalue weighted by molar-refractivity contribution is -0.0997. The fourth-order valence-electron chi connectivity index (χ4n) is 1.18. The van der Waals surface area contributed by atoms with Gasteiger partial charge in [0.15, 0.2) is 0 Å². The van der Waals surface area contributed by atoms with Crippen LogP contribution in [0.1, 0.15) is 12.5 Å². The van der Waals surface area contributed by atoms with E-state index in [1.807, 2.05) is 25.1 Å². The van der Waals surface area contributed by atoms with Crippen LogP contribution in [0, 0.1) is 6.92 Å². The van der Waals surface area contributed by atoms with Crippen molar-refractivity contribution in [2.75, 3.05) is 6.61 Å². The van der Waals surface area contributed by atoms with Gasteiger partial charge in [0.05, 0.1) is 6.04 Å². The molecule has 0 spiro atoms. The molecular weight excluding hydrogens is 210 g/mol. The van der Waals surface area contributed by atoms with Gasteiger partial charge in [0.25, 0.3) is 0 Å². The van der Waals surface area contributed by atoms with E-state index in [1.54, 1.807) is 13.0 Å². The highest BCUT2D eigenvalue weighted by molar-refractivity contribution is 5.63. The zero-order valence-corrected chi connectivity index (χ0v) is 9.25. The summed E-state index contributed by atoms with van der Waals surface area (Å²) in [5.41, 5.74) is 1.06. The number of benzene rings is 1. The van der Waals surface area contributed by atoms with Crippen LogP contribution in [0.3, 0.4) is 0 Å². The van der Waals surface area contributed by atoms with Gasteiger partial charge in [0.1, 0.15) is 12.4 Å². The van der Waals surface area contributed by atoms with E-state index in [9.17, 15) is 4.79 Å². The smallest absolute Gasteiger partial charge is 0.431 e. The predicted molar refractivity (Wildman–Crippen MR) is 57.8 cm³/mol. The average molecular weight is 225 g/mol. The van der Waals surface area contributed by atoms with E-state index in [1.165, 1.54) is 0 Å². The van der Waals surface area contributed by atoms with Crippen molar-refractivity contribution >= 4 is 6.09 Å². The molecule has 16 heavy (non-hydrogen) atoms. The molecule has 88 valence electrons. The molecule has 0 bridgehead atoms. The van der Waals surface area contributed by atoms with Gasteiger partial charge in [0.2, 0.25) is 0 Å². The monoisotopic (exact) mass is 225 g/mol. The second-order valence-electron chi connectivity index (χ2n) is 3.60. The van der Waals surface area contributed by atoms with Crippen LogP contribution in [0.2, 0.25) is 0 Å². The Morgan fingerprint density at radius 2 is 2.25 bits per heavy atom. The van der Waals surface area contributed by atoms with E-state index in [0.717, 1.165) is 5.56 Å². The van der Waals surface area contributed by atoms with Crippen molar-refractivity contribution in [3.05, 3.63) is 29.8 Å². The van der Waals surface area contributed by atoms with Gasteiger partial charge >= 0.3 is 6.09 Å². The maximum Gasteiger partial charge on any atom is 0.431 e. The first-order valence-electron chi connectivity index (χ1n) is 4.91. The SMILES string of the molecule is Cc1cccc(OCC(C)N(O)C(=O)O)c1. The van der Waals surface area contributed by atoms with Crippen molar-refractivity contribution in [2.45, 2.75) is 19.9 Å². The van der Waals surface area contributed by atoms with Gasteiger partial charge < -0.3 is 9.84 Å². The van der Waals surface area contributed by atoms with Gasteiger partial charge in [-0.25, -0.2) is 4.79 Å². The summed E-state index contributed by atoms with van der Waals surface area (Å²) < 4.78 is 5.35. The number of carbonyl (C=O) groups is 1. The zero-order valence-electron chi connectivity index (χ0n) is 9.25. The first kappa shape index (κ1) is 12.3. The van der Waals surface area contributed by atoms with Crippen molar-refractivity contribution in [1.29, 1.82) is 0 Å². The van der Waals surface area contributed by atoms with Crippen LogP contribution in [-0.2, 0) is 0 Å². The molecule has 1 atom stereocenters. The largest absolute Gasteiger partial charge is 0.491 e. The number of carboxylic acid groups (broad SMARTS) is 1. The molecular formula is C11H15NO4. The maximum atomic E-state index is 10.4. The molecule has 1 aromatic carbocycles. The fraction of sp³-hybridized carbons (Fsp3) is 0.364. The van der Waals surface area contributed by atoms with Crippen LogP contribution in [0.15, 0.2) is 24.3 Å². The summed E-state index contributed by atoms with van der Waals surface area (Å²) in [5, 5.41) is 17.8. The molecule has 5 heteroatoms. The van der Waals surface area contributed by atoms with Gasteiger partial charge in [0, 0.05) is 0 Å². The number of rotatable bonds is 4. The molecule has 2 N–H and O–H groups in total. The molecule has 0 saturated heterocycles. The Morgan fingerprint density at radius 1 is 1.56 bits per heavy atom. The number of ether oxygens (including phenoxy) is 1. The standard InChI is InChI=1S/C11H15NO4/c1-8-4-3-5-10(6-8)16-7-9(2)12(15)11(13)14/h3-6,9,15H,7H2,1-2H3,(H,13,14). The number of hydroxylamine groups is 2. The highest BCUT2D eigenvalue weighted by atomic mass is 16.6. The molecule has 0 aliphatic carbocycles. The van der Waals surface area contributed by atoms with Gasteiger partial charge in [-0.05, 0) is 31.5 Å². The third kappa shape index (κ3) is 3.43. The molecule has 1 aromatic rings. The first-order valence-corrected chi connectivity index (χ1v) is 4.91. The van der Waals surface area contributed by atoms with Crippen LogP contribution < -0.4 is 4.74 Å². The Morgan fingerprint density at radius 3 is 2.81 bits per heavy atom. The third-order valence-corrected chi connectivity index (χ3v) is 2.09. The highest BCUT2D eigenvalue weighted by Crippen LogP contribution is 2.13. The molecule has 0 aliphatic heterocycles.